The van der Waals surface area contributed by atoms with E-state index < -0.39 is 23.5 Å². The maximum absolute atomic E-state index is 13.8. The molecule has 7 nitrogen and oxygen atoms in total. The number of nitrogens with one attached hydrogen (secondary N) is 2. The Bertz CT molecular complexity index is 1320. The summed E-state index contributed by atoms with van der Waals surface area (Å²) in [6, 6.07) is 19.3. The smallest absolute Gasteiger partial charge is 0.223 e. The minimum Gasteiger partial charge on any atom is -0.388 e. The summed E-state index contributed by atoms with van der Waals surface area (Å²) in [7, 11) is 5.85. The van der Waals surface area contributed by atoms with Crippen LogP contribution in [0.4, 0.5) is 8.78 Å². The highest BCUT2D eigenvalue weighted by atomic mass is 19.1. The molecule has 0 radical (unpaired) electrons. The fourth-order valence-electron chi connectivity index (χ4n) is 5.58. The summed E-state index contributed by atoms with van der Waals surface area (Å²) in [5.41, 5.74) is 0.907. The van der Waals surface area contributed by atoms with E-state index in [1.807, 2.05) is 45.4 Å². The highest BCUT2D eigenvalue weighted by Gasteiger charge is 2.54. The van der Waals surface area contributed by atoms with Crippen molar-refractivity contribution in [3.8, 4) is 0 Å². The number of rotatable bonds is 12. The van der Waals surface area contributed by atoms with Gasteiger partial charge in [-0.2, -0.15) is 0 Å². The van der Waals surface area contributed by atoms with Gasteiger partial charge in [0.25, 0.3) is 0 Å². The molecular weight excluding hydrogens is 528 g/mol. The minimum atomic E-state index is -1.29. The van der Waals surface area contributed by atoms with Crippen molar-refractivity contribution in [2.24, 2.45) is 0 Å². The summed E-state index contributed by atoms with van der Waals surface area (Å²) >= 11 is 0. The summed E-state index contributed by atoms with van der Waals surface area (Å²) < 4.78 is 27.6. The third-order valence-electron chi connectivity index (χ3n) is 7.52. The maximum atomic E-state index is 13.8. The van der Waals surface area contributed by atoms with Crippen molar-refractivity contribution in [2.45, 2.75) is 55.7 Å². The normalized spacial score (nSPS) is 22.0. The van der Waals surface area contributed by atoms with Gasteiger partial charge in [-0.15, -0.1) is 0 Å². The quantitative estimate of drug-likeness (QED) is 0.216. The number of nitrogens with zero attached hydrogens (tertiary/aromatic N) is 1. The molecule has 1 aliphatic heterocycles. The van der Waals surface area contributed by atoms with Crippen LogP contribution in [0.2, 0.25) is 0 Å². The van der Waals surface area contributed by atoms with E-state index in [2.05, 4.69) is 10.6 Å². The first kappa shape index (κ1) is 30.7. The third kappa shape index (κ3) is 7.96. The SMILES string of the molecule is C[N+](C)(C)CC(O)CC(=O)NCc1cccc(C2(c3ccc(F)cc3)CC(O)(CCC(O)c3ccc(F)cc3)N2)c1. The number of likely N-dealkylation sites (N-methyl/N-ethyl adjacent to an activating group) is 1. The van der Waals surface area contributed by atoms with E-state index >= 15 is 0 Å². The van der Waals surface area contributed by atoms with Crippen LogP contribution < -0.4 is 10.6 Å². The van der Waals surface area contributed by atoms with Gasteiger partial charge in [-0.1, -0.05) is 48.5 Å². The van der Waals surface area contributed by atoms with E-state index in [1.165, 1.54) is 36.4 Å². The average molecular weight is 569 g/mol. The Hall–Kier alpha value is -3.21. The van der Waals surface area contributed by atoms with Gasteiger partial charge in [0.1, 0.15) is 30.0 Å². The molecular formula is C32H40F2N3O4+. The number of halogens is 2. The van der Waals surface area contributed by atoms with Crippen LogP contribution in [-0.2, 0) is 16.9 Å². The summed E-state index contributed by atoms with van der Waals surface area (Å²) in [6.07, 6.45) is -0.848. The van der Waals surface area contributed by atoms with E-state index in [0.29, 0.717) is 16.6 Å². The Balaban J connectivity index is 1.46. The summed E-state index contributed by atoms with van der Waals surface area (Å²) in [5.74, 6) is -1.01. The molecule has 3 aromatic carbocycles. The van der Waals surface area contributed by atoms with Gasteiger partial charge in [-0.05, 0) is 59.4 Å². The van der Waals surface area contributed by atoms with Gasteiger partial charge >= 0.3 is 0 Å². The average Bonchev–Trinajstić information content (AvgIpc) is 2.89. The fraction of sp³-hybridized carbons (Fsp3) is 0.406. The lowest BCUT2D eigenvalue weighted by molar-refractivity contribution is -0.873. The van der Waals surface area contributed by atoms with E-state index in [9.17, 15) is 28.9 Å². The number of carbonyl (C=O) groups excluding carboxylic acids is 1. The van der Waals surface area contributed by atoms with Crippen molar-refractivity contribution < 1.29 is 33.4 Å². The molecule has 0 bridgehead atoms. The van der Waals surface area contributed by atoms with E-state index in [4.69, 9.17) is 0 Å². The Kier molecular flexibility index (Phi) is 9.25. The van der Waals surface area contributed by atoms with Crippen molar-refractivity contribution in [1.29, 1.82) is 0 Å². The Labute approximate surface area is 240 Å². The first-order valence-electron chi connectivity index (χ1n) is 13.8. The first-order chi connectivity index (χ1) is 19.3. The van der Waals surface area contributed by atoms with Crippen LogP contribution in [0.5, 0.6) is 0 Å². The molecule has 1 aliphatic rings. The maximum Gasteiger partial charge on any atom is 0.223 e. The summed E-state index contributed by atoms with van der Waals surface area (Å²) in [5, 5.41) is 38.3. The molecule has 0 aliphatic carbocycles. The zero-order valence-corrected chi connectivity index (χ0v) is 23.8. The highest BCUT2D eigenvalue weighted by Crippen LogP contribution is 2.48. The number of hydrogen-bond donors (Lipinski definition) is 5. The van der Waals surface area contributed by atoms with Crippen LogP contribution in [0, 0.1) is 11.6 Å². The molecule has 0 saturated carbocycles. The van der Waals surface area contributed by atoms with Crippen molar-refractivity contribution in [2.75, 3.05) is 27.7 Å². The Morgan fingerprint density at radius 1 is 0.976 bits per heavy atom. The zero-order chi connectivity index (χ0) is 29.8. The molecule has 1 amide bonds. The molecule has 1 saturated heterocycles. The molecule has 0 spiro atoms. The van der Waals surface area contributed by atoms with Gasteiger partial charge in [-0.3, -0.25) is 10.1 Å². The van der Waals surface area contributed by atoms with Crippen LogP contribution in [0.25, 0.3) is 0 Å². The lowest BCUT2D eigenvalue weighted by atomic mass is 9.68. The number of hydrogen-bond acceptors (Lipinski definition) is 5. The second kappa shape index (κ2) is 12.3. The van der Waals surface area contributed by atoms with Crippen LogP contribution in [-0.4, -0.2) is 65.2 Å². The van der Waals surface area contributed by atoms with Crippen molar-refractivity contribution in [1.82, 2.24) is 10.6 Å². The number of amides is 1. The standard InChI is InChI=1S/C32H39F2N3O4/c1-37(2,3)20-28(38)18-30(40)35-19-22-5-4-6-25(17-22)32(24-9-13-27(34)14-10-24)21-31(41,36-32)16-15-29(39)23-7-11-26(33)12-8-23/h4-14,17,28-29,36,38-39,41H,15-16,18-21H2,1-3H3/p+1. The summed E-state index contributed by atoms with van der Waals surface area (Å²) in [6.45, 7) is 0.718. The largest absolute Gasteiger partial charge is 0.388 e. The monoisotopic (exact) mass is 568 g/mol. The number of aliphatic hydroxyl groups is 3. The number of benzene rings is 3. The second-order valence-electron chi connectivity index (χ2n) is 12.2. The molecule has 41 heavy (non-hydrogen) atoms. The number of quaternary nitrogens is 1. The van der Waals surface area contributed by atoms with E-state index in [1.54, 1.807) is 12.1 Å². The fourth-order valence-corrected chi connectivity index (χ4v) is 5.58. The predicted molar refractivity (Wildman–Crippen MR) is 152 cm³/mol. The van der Waals surface area contributed by atoms with Gasteiger partial charge < -0.3 is 25.1 Å². The van der Waals surface area contributed by atoms with Crippen molar-refractivity contribution in [3.05, 3.63) is 107 Å². The lowest BCUT2D eigenvalue weighted by Crippen LogP contribution is -2.70. The molecule has 9 heteroatoms. The van der Waals surface area contributed by atoms with Gasteiger partial charge in [-0.25, -0.2) is 8.78 Å². The van der Waals surface area contributed by atoms with Gasteiger partial charge in [0.2, 0.25) is 5.91 Å². The Morgan fingerprint density at radius 3 is 2.20 bits per heavy atom. The lowest BCUT2D eigenvalue weighted by Gasteiger charge is -2.56. The minimum absolute atomic E-state index is 0.00703. The molecule has 4 atom stereocenters. The predicted octanol–water partition coefficient (Wildman–Crippen LogP) is 3.48. The second-order valence-corrected chi connectivity index (χ2v) is 12.2. The van der Waals surface area contributed by atoms with E-state index in [-0.39, 0.29) is 49.8 Å². The third-order valence-corrected chi connectivity index (χ3v) is 7.52. The number of carbonyl (C=O) groups is 1. The van der Waals surface area contributed by atoms with Gasteiger partial charge in [0.15, 0.2) is 0 Å². The van der Waals surface area contributed by atoms with Crippen LogP contribution in [0.15, 0.2) is 72.8 Å². The van der Waals surface area contributed by atoms with E-state index in [0.717, 1.165) is 16.7 Å². The molecule has 1 fully saturated rings. The first-order valence-corrected chi connectivity index (χ1v) is 13.8. The summed E-state index contributed by atoms with van der Waals surface area (Å²) in [4.78, 5) is 12.4. The molecule has 4 rings (SSSR count). The van der Waals surface area contributed by atoms with Crippen LogP contribution >= 0.6 is 0 Å². The molecule has 3 aromatic rings. The molecule has 5 N–H and O–H groups in total. The zero-order valence-electron chi connectivity index (χ0n) is 23.8. The number of aliphatic hydroxyl groups excluding tert-OH is 2. The van der Waals surface area contributed by atoms with Crippen molar-refractivity contribution in [3.63, 3.8) is 0 Å². The Morgan fingerprint density at radius 2 is 1.59 bits per heavy atom. The molecule has 220 valence electrons. The molecule has 0 aromatic heterocycles. The van der Waals surface area contributed by atoms with Crippen LogP contribution in [0.3, 0.4) is 0 Å². The molecule has 1 heterocycles. The molecule has 4 unspecified atom stereocenters. The van der Waals surface area contributed by atoms with Gasteiger partial charge in [0.05, 0.1) is 39.2 Å². The topological polar surface area (TPSA) is 102 Å². The highest BCUT2D eigenvalue weighted by molar-refractivity contribution is 5.76. The van der Waals surface area contributed by atoms with Crippen molar-refractivity contribution >= 4 is 5.91 Å². The van der Waals surface area contributed by atoms with Gasteiger partial charge in [0, 0.05) is 13.0 Å². The van der Waals surface area contributed by atoms with Crippen LogP contribution in [0.1, 0.15) is 54.0 Å².